The molecular formula is C10H8F5N. The van der Waals surface area contributed by atoms with Gasteiger partial charge in [-0.2, -0.15) is 13.2 Å². The van der Waals surface area contributed by atoms with Crippen LogP contribution in [0.25, 0.3) is 0 Å². The largest absolute Gasteiger partial charge is 0.419 e. The molecular weight excluding hydrogens is 229 g/mol. The van der Waals surface area contributed by atoms with Crippen molar-refractivity contribution in [2.45, 2.75) is 11.8 Å². The topological polar surface area (TPSA) is 12.0 Å². The quantitative estimate of drug-likeness (QED) is 0.740. The lowest BCUT2D eigenvalue weighted by molar-refractivity contribution is -0.140. The van der Waals surface area contributed by atoms with Gasteiger partial charge in [-0.25, -0.2) is 8.78 Å². The Labute approximate surface area is 88.3 Å². The molecule has 1 aromatic rings. The van der Waals surface area contributed by atoms with E-state index in [0.29, 0.717) is 12.1 Å². The number of benzene rings is 1. The number of nitrogens with one attached hydrogen (secondary N) is 1. The fraction of sp³-hybridized carbons (Fsp3) is 0.400. The lowest BCUT2D eigenvalue weighted by Gasteiger charge is -2.35. The molecule has 1 heterocycles. The molecule has 1 nitrogen and oxygen atoms in total. The highest BCUT2D eigenvalue weighted by molar-refractivity contribution is 5.32. The summed E-state index contributed by atoms with van der Waals surface area (Å²) in [5.74, 6) is -1.44. The first-order valence-electron chi connectivity index (χ1n) is 4.60. The molecule has 0 aliphatic carbocycles. The minimum atomic E-state index is -4.75. The summed E-state index contributed by atoms with van der Waals surface area (Å²) in [6.45, 7) is -0.00436. The third kappa shape index (κ3) is 1.77. The number of hydrogen-bond acceptors (Lipinski definition) is 1. The SMILES string of the molecule is Fc1cc(C2(F)CNC2)ccc1C(F)(F)F. The molecule has 0 aromatic heterocycles. The summed E-state index contributed by atoms with van der Waals surface area (Å²) >= 11 is 0. The van der Waals surface area contributed by atoms with E-state index in [1.54, 1.807) is 0 Å². The van der Waals surface area contributed by atoms with E-state index in [9.17, 15) is 22.0 Å². The summed E-state index contributed by atoms with van der Waals surface area (Å²) < 4.78 is 63.5. The molecule has 1 N–H and O–H groups in total. The van der Waals surface area contributed by atoms with Crippen molar-refractivity contribution in [2.24, 2.45) is 0 Å². The molecule has 1 fully saturated rings. The van der Waals surface area contributed by atoms with E-state index in [1.165, 1.54) is 0 Å². The van der Waals surface area contributed by atoms with Crippen LogP contribution in [-0.4, -0.2) is 13.1 Å². The van der Waals surface area contributed by atoms with Crippen LogP contribution in [0.2, 0.25) is 0 Å². The Hall–Kier alpha value is -1.17. The van der Waals surface area contributed by atoms with E-state index in [1.807, 2.05) is 0 Å². The van der Waals surface area contributed by atoms with Gasteiger partial charge in [-0.1, -0.05) is 6.07 Å². The van der Waals surface area contributed by atoms with Gasteiger partial charge in [0.15, 0.2) is 5.67 Å². The van der Waals surface area contributed by atoms with Crippen LogP contribution in [0.1, 0.15) is 11.1 Å². The molecule has 0 atom stereocenters. The molecule has 2 rings (SSSR count). The van der Waals surface area contributed by atoms with Gasteiger partial charge in [0.2, 0.25) is 0 Å². The Morgan fingerprint density at radius 1 is 1.19 bits per heavy atom. The van der Waals surface area contributed by atoms with E-state index >= 15 is 0 Å². The molecule has 1 aliphatic heterocycles. The first-order chi connectivity index (χ1) is 7.33. The average Bonchev–Trinajstić information content (AvgIpc) is 2.12. The maximum Gasteiger partial charge on any atom is 0.419 e. The first-order valence-corrected chi connectivity index (χ1v) is 4.60. The zero-order valence-electron chi connectivity index (χ0n) is 8.04. The van der Waals surface area contributed by atoms with Crippen LogP contribution in [-0.2, 0) is 11.8 Å². The van der Waals surface area contributed by atoms with Crippen LogP contribution in [0.3, 0.4) is 0 Å². The Kier molecular flexibility index (Phi) is 2.41. The second kappa shape index (κ2) is 3.41. The van der Waals surface area contributed by atoms with Crippen LogP contribution >= 0.6 is 0 Å². The van der Waals surface area contributed by atoms with Crippen molar-refractivity contribution >= 4 is 0 Å². The normalized spacial score (nSPS) is 19.3. The zero-order chi connectivity index (χ0) is 12.0. The molecule has 0 unspecified atom stereocenters. The van der Waals surface area contributed by atoms with Crippen molar-refractivity contribution in [3.63, 3.8) is 0 Å². The Balaban J connectivity index is 2.37. The van der Waals surface area contributed by atoms with Crippen molar-refractivity contribution in [1.29, 1.82) is 0 Å². The van der Waals surface area contributed by atoms with Gasteiger partial charge in [0.25, 0.3) is 0 Å². The average molecular weight is 237 g/mol. The van der Waals surface area contributed by atoms with Gasteiger partial charge in [0.05, 0.1) is 5.56 Å². The second-order valence-electron chi connectivity index (χ2n) is 3.76. The van der Waals surface area contributed by atoms with Gasteiger partial charge in [-0.05, 0) is 17.7 Å². The summed E-state index contributed by atoms with van der Waals surface area (Å²) in [6.07, 6.45) is -4.75. The van der Waals surface area contributed by atoms with Crippen molar-refractivity contribution in [2.75, 3.05) is 13.1 Å². The van der Waals surface area contributed by atoms with E-state index < -0.39 is 23.2 Å². The molecule has 0 spiro atoms. The van der Waals surface area contributed by atoms with Gasteiger partial charge in [-0.15, -0.1) is 0 Å². The third-order valence-corrected chi connectivity index (χ3v) is 2.60. The standard InChI is InChI=1S/C10H8F5N/c11-8-3-6(9(12)4-16-5-9)1-2-7(8)10(13,14)15/h1-3,16H,4-5H2. The summed E-state index contributed by atoms with van der Waals surface area (Å²) in [6, 6.07) is 2.17. The monoisotopic (exact) mass is 237 g/mol. The molecule has 1 aliphatic rings. The Bertz CT molecular complexity index is 408. The summed E-state index contributed by atoms with van der Waals surface area (Å²) in [7, 11) is 0. The van der Waals surface area contributed by atoms with Crippen molar-refractivity contribution in [1.82, 2.24) is 5.32 Å². The summed E-state index contributed by atoms with van der Waals surface area (Å²) in [5, 5.41) is 2.64. The fourth-order valence-electron chi connectivity index (χ4n) is 1.57. The van der Waals surface area contributed by atoms with Crippen LogP contribution in [0.5, 0.6) is 0 Å². The highest BCUT2D eigenvalue weighted by Crippen LogP contribution is 2.35. The summed E-state index contributed by atoms with van der Waals surface area (Å²) in [5.41, 5.74) is -3.17. The van der Waals surface area contributed by atoms with E-state index in [0.717, 1.165) is 6.07 Å². The molecule has 0 radical (unpaired) electrons. The minimum absolute atomic E-state index is 0.00218. The highest BCUT2D eigenvalue weighted by Gasteiger charge is 2.41. The highest BCUT2D eigenvalue weighted by atomic mass is 19.4. The van der Waals surface area contributed by atoms with Gasteiger partial charge < -0.3 is 5.32 Å². The third-order valence-electron chi connectivity index (χ3n) is 2.60. The fourth-order valence-corrected chi connectivity index (χ4v) is 1.57. The second-order valence-corrected chi connectivity index (χ2v) is 3.76. The van der Waals surface area contributed by atoms with Gasteiger partial charge in [-0.3, -0.25) is 0 Å². The Morgan fingerprint density at radius 3 is 2.19 bits per heavy atom. The predicted octanol–water partition coefficient (Wildman–Crippen LogP) is 2.61. The predicted molar refractivity (Wildman–Crippen MR) is 47.1 cm³/mol. The molecule has 0 saturated carbocycles. The van der Waals surface area contributed by atoms with Gasteiger partial charge in [0.1, 0.15) is 5.82 Å². The van der Waals surface area contributed by atoms with E-state index in [4.69, 9.17) is 0 Å². The summed E-state index contributed by atoms with van der Waals surface area (Å²) in [4.78, 5) is 0. The zero-order valence-corrected chi connectivity index (χ0v) is 8.04. The lowest BCUT2D eigenvalue weighted by atomic mass is 9.89. The van der Waals surface area contributed by atoms with Crippen molar-refractivity contribution in [3.8, 4) is 0 Å². The minimum Gasteiger partial charge on any atom is -0.310 e. The molecule has 88 valence electrons. The lowest BCUT2D eigenvalue weighted by Crippen LogP contribution is -2.53. The van der Waals surface area contributed by atoms with Crippen molar-refractivity contribution in [3.05, 3.63) is 35.1 Å². The number of hydrogen-bond donors (Lipinski definition) is 1. The maximum atomic E-state index is 13.7. The van der Waals surface area contributed by atoms with Crippen LogP contribution < -0.4 is 5.32 Å². The first kappa shape index (κ1) is 11.3. The molecule has 1 aromatic carbocycles. The van der Waals surface area contributed by atoms with E-state index in [-0.39, 0.29) is 18.7 Å². The van der Waals surface area contributed by atoms with E-state index in [2.05, 4.69) is 5.32 Å². The Morgan fingerprint density at radius 2 is 1.81 bits per heavy atom. The number of halogens is 5. The maximum absolute atomic E-state index is 13.7. The van der Waals surface area contributed by atoms with Crippen LogP contribution in [0.4, 0.5) is 22.0 Å². The smallest absolute Gasteiger partial charge is 0.310 e. The molecule has 0 bridgehead atoms. The van der Waals surface area contributed by atoms with Crippen LogP contribution in [0.15, 0.2) is 18.2 Å². The van der Waals surface area contributed by atoms with Gasteiger partial charge in [0, 0.05) is 13.1 Å². The molecule has 16 heavy (non-hydrogen) atoms. The molecule has 0 amide bonds. The molecule has 6 heteroatoms. The molecule has 1 saturated heterocycles. The van der Waals surface area contributed by atoms with Crippen LogP contribution in [0, 0.1) is 5.82 Å². The van der Waals surface area contributed by atoms with Crippen molar-refractivity contribution < 1.29 is 22.0 Å². The number of alkyl halides is 4. The number of rotatable bonds is 1. The van der Waals surface area contributed by atoms with Gasteiger partial charge >= 0.3 is 6.18 Å².